The Bertz CT molecular complexity index is 618. The average molecular weight is 243 g/mol. The maximum atomic E-state index is 11.0. The molecule has 1 aliphatic heterocycles. The molecule has 5 nitrogen and oxygen atoms in total. The predicted molar refractivity (Wildman–Crippen MR) is 67.2 cm³/mol. The van der Waals surface area contributed by atoms with Crippen LogP contribution in [0.15, 0.2) is 30.5 Å². The van der Waals surface area contributed by atoms with Crippen LogP contribution in [0.1, 0.15) is 23.0 Å². The highest BCUT2D eigenvalue weighted by molar-refractivity contribution is 5.86. The van der Waals surface area contributed by atoms with Crippen LogP contribution in [-0.2, 0) is 6.54 Å². The molecule has 0 spiro atoms. The summed E-state index contributed by atoms with van der Waals surface area (Å²) in [6, 6.07) is 7.98. The molecule has 0 radical (unpaired) electrons. The molecule has 2 aromatic rings. The van der Waals surface area contributed by atoms with Crippen LogP contribution in [0.4, 0.5) is 5.95 Å². The first-order valence-electron chi connectivity index (χ1n) is 5.86. The third-order valence-electron chi connectivity index (χ3n) is 3.18. The van der Waals surface area contributed by atoms with Crippen molar-refractivity contribution in [3.8, 4) is 5.69 Å². The first-order valence-corrected chi connectivity index (χ1v) is 5.86. The van der Waals surface area contributed by atoms with Gasteiger partial charge in [0.2, 0.25) is 5.95 Å². The lowest BCUT2D eigenvalue weighted by atomic mass is 10.1. The van der Waals surface area contributed by atoms with Crippen molar-refractivity contribution in [1.82, 2.24) is 9.55 Å². The molecule has 0 saturated heterocycles. The number of aromatic carboxylic acids is 1. The summed E-state index contributed by atoms with van der Waals surface area (Å²) in [7, 11) is 0. The van der Waals surface area contributed by atoms with E-state index >= 15 is 0 Å². The molecule has 1 aliphatic rings. The molecule has 5 heteroatoms. The summed E-state index contributed by atoms with van der Waals surface area (Å²) in [4.78, 5) is 17.3. The summed E-state index contributed by atoms with van der Waals surface area (Å²) < 4.78 is 1.85. The van der Waals surface area contributed by atoms with E-state index in [1.165, 1.54) is 5.56 Å². The van der Waals surface area contributed by atoms with Crippen molar-refractivity contribution < 1.29 is 9.90 Å². The molecule has 2 heterocycles. The molecule has 0 bridgehead atoms. The van der Waals surface area contributed by atoms with Crippen molar-refractivity contribution in [3.63, 3.8) is 0 Å². The minimum Gasteiger partial charge on any atom is -0.476 e. The molecule has 1 aromatic heterocycles. The minimum absolute atomic E-state index is 0.0835. The third-order valence-corrected chi connectivity index (χ3v) is 3.18. The molecular formula is C13H13N3O2. The second kappa shape index (κ2) is 3.87. The Balaban J connectivity index is 2.22. The van der Waals surface area contributed by atoms with Crippen molar-refractivity contribution in [3.05, 3.63) is 41.7 Å². The first kappa shape index (κ1) is 10.8. The van der Waals surface area contributed by atoms with Gasteiger partial charge in [-0.05, 0) is 18.6 Å². The molecular weight excluding hydrogens is 230 g/mol. The smallest absolute Gasteiger partial charge is 0.356 e. The van der Waals surface area contributed by atoms with Gasteiger partial charge in [-0.3, -0.25) is 4.57 Å². The van der Waals surface area contributed by atoms with E-state index in [2.05, 4.69) is 16.0 Å². The normalized spacial score (nSPS) is 13.1. The van der Waals surface area contributed by atoms with Gasteiger partial charge in [-0.15, -0.1) is 0 Å². The number of fused-ring (bicyclic) bond motifs is 3. The number of benzene rings is 1. The van der Waals surface area contributed by atoms with Crippen molar-refractivity contribution in [2.45, 2.75) is 13.5 Å². The Morgan fingerprint density at radius 3 is 2.94 bits per heavy atom. The SMILES string of the molecule is CCN1Cc2ccccc2-n2cc(C(=O)O)nc21. The molecule has 1 aromatic carbocycles. The number of aromatic nitrogens is 2. The number of rotatable bonds is 2. The highest BCUT2D eigenvalue weighted by atomic mass is 16.4. The van der Waals surface area contributed by atoms with Gasteiger partial charge in [-0.2, -0.15) is 0 Å². The zero-order chi connectivity index (χ0) is 12.7. The number of nitrogens with zero attached hydrogens (tertiary/aromatic N) is 3. The van der Waals surface area contributed by atoms with E-state index in [-0.39, 0.29) is 5.69 Å². The van der Waals surface area contributed by atoms with Gasteiger partial charge in [0, 0.05) is 19.3 Å². The van der Waals surface area contributed by atoms with Crippen molar-refractivity contribution >= 4 is 11.9 Å². The molecule has 1 N–H and O–H groups in total. The van der Waals surface area contributed by atoms with E-state index in [1.807, 2.05) is 29.7 Å². The van der Waals surface area contributed by atoms with Gasteiger partial charge in [0.05, 0.1) is 5.69 Å². The number of hydrogen-bond acceptors (Lipinski definition) is 3. The Morgan fingerprint density at radius 1 is 1.44 bits per heavy atom. The zero-order valence-electron chi connectivity index (χ0n) is 10.00. The molecule has 0 aliphatic carbocycles. The lowest BCUT2D eigenvalue weighted by Crippen LogP contribution is -2.29. The maximum absolute atomic E-state index is 11.0. The van der Waals surface area contributed by atoms with E-state index < -0.39 is 5.97 Å². The van der Waals surface area contributed by atoms with E-state index in [9.17, 15) is 4.79 Å². The van der Waals surface area contributed by atoms with E-state index in [1.54, 1.807) is 6.20 Å². The van der Waals surface area contributed by atoms with Gasteiger partial charge in [-0.1, -0.05) is 18.2 Å². The molecule has 0 unspecified atom stereocenters. The minimum atomic E-state index is -0.995. The van der Waals surface area contributed by atoms with Gasteiger partial charge < -0.3 is 10.0 Å². The highest BCUT2D eigenvalue weighted by Gasteiger charge is 2.24. The summed E-state index contributed by atoms with van der Waals surface area (Å²) in [5.74, 6) is -0.293. The summed E-state index contributed by atoms with van der Waals surface area (Å²) >= 11 is 0. The van der Waals surface area contributed by atoms with Gasteiger partial charge in [0.15, 0.2) is 5.69 Å². The van der Waals surface area contributed by atoms with Crippen LogP contribution in [0.2, 0.25) is 0 Å². The van der Waals surface area contributed by atoms with E-state index in [0.717, 1.165) is 18.8 Å². The molecule has 0 fully saturated rings. The topological polar surface area (TPSA) is 58.4 Å². The van der Waals surface area contributed by atoms with Gasteiger partial charge >= 0.3 is 5.97 Å². The van der Waals surface area contributed by atoms with Crippen molar-refractivity contribution in [2.24, 2.45) is 0 Å². The Kier molecular flexibility index (Phi) is 2.33. The largest absolute Gasteiger partial charge is 0.476 e. The number of para-hydroxylation sites is 1. The zero-order valence-corrected chi connectivity index (χ0v) is 10.00. The van der Waals surface area contributed by atoms with Gasteiger partial charge in [-0.25, -0.2) is 9.78 Å². The quantitative estimate of drug-likeness (QED) is 0.875. The lowest BCUT2D eigenvalue weighted by molar-refractivity contribution is 0.0691. The molecule has 0 amide bonds. The van der Waals surface area contributed by atoms with Crippen LogP contribution in [0, 0.1) is 0 Å². The lowest BCUT2D eigenvalue weighted by Gasteiger charge is -2.29. The fraction of sp³-hybridized carbons (Fsp3) is 0.231. The van der Waals surface area contributed by atoms with E-state index in [4.69, 9.17) is 5.11 Å². The first-order chi connectivity index (χ1) is 8.70. The van der Waals surface area contributed by atoms with Crippen LogP contribution < -0.4 is 4.90 Å². The monoisotopic (exact) mass is 243 g/mol. The van der Waals surface area contributed by atoms with Crippen molar-refractivity contribution in [1.29, 1.82) is 0 Å². The van der Waals surface area contributed by atoms with Gasteiger partial charge in [0.1, 0.15) is 0 Å². The summed E-state index contributed by atoms with van der Waals surface area (Å²) in [5, 5.41) is 9.05. The van der Waals surface area contributed by atoms with E-state index in [0.29, 0.717) is 5.95 Å². The highest BCUT2D eigenvalue weighted by Crippen LogP contribution is 2.29. The Hall–Kier alpha value is -2.30. The third kappa shape index (κ3) is 1.48. The molecule has 0 atom stereocenters. The fourth-order valence-electron chi connectivity index (χ4n) is 2.28. The summed E-state index contributed by atoms with van der Waals surface area (Å²) in [6.07, 6.45) is 1.58. The second-order valence-electron chi connectivity index (χ2n) is 4.24. The van der Waals surface area contributed by atoms with Crippen LogP contribution in [0.3, 0.4) is 0 Å². The summed E-state index contributed by atoms with van der Waals surface area (Å²) in [5.41, 5.74) is 2.28. The standard InChI is InChI=1S/C13H13N3O2/c1-2-15-7-9-5-3-4-6-11(9)16-8-10(12(17)18)14-13(15)16/h3-6,8H,2,7H2,1H3,(H,17,18). The van der Waals surface area contributed by atoms with Gasteiger partial charge in [0.25, 0.3) is 0 Å². The predicted octanol–water partition coefficient (Wildman–Crippen LogP) is 1.91. The molecule has 0 saturated carbocycles. The van der Waals surface area contributed by atoms with Crippen LogP contribution in [0.25, 0.3) is 5.69 Å². The molecule has 3 rings (SSSR count). The molecule has 92 valence electrons. The summed E-state index contributed by atoms with van der Waals surface area (Å²) in [6.45, 7) is 3.60. The Morgan fingerprint density at radius 2 is 2.22 bits per heavy atom. The number of anilines is 1. The van der Waals surface area contributed by atoms with Crippen LogP contribution in [-0.4, -0.2) is 27.2 Å². The van der Waals surface area contributed by atoms with Crippen molar-refractivity contribution in [2.75, 3.05) is 11.4 Å². The number of carboxylic acids is 1. The number of hydrogen-bond donors (Lipinski definition) is 1. The number of carbonyl (C=O) groups is 1. The number of carboxylic acid groups (broad SMARTS) is 1. The fourth-order valence-corrected chi connectivity index (χ4v) is 2.28. The maximum Gasteiger partial charge on any atom is 0.356 e. The second-order valence-corrected chi connectivity index (χ2v) is 4.24. The van der Waals surface area contributed by atoms with Crippen LogP contribution >= 0.6 is 0 Å². The Labute approximate surface area is 104 Å². The van der Waals surface area contributed by atoms with Crippen LogP contribution in [0.5, 0.6) is 0 Å². The number of imidazole rings is 1. The molecule has 18 heavy (non-hydrogen) atoms. The average Bonchev–Trinajstić information content (AvgIpc) is 2.83.